The SMILES string of the molecule is Cc1cc(C)c(S(=O)(=O)NCCC(=O)NCc2ccco2)c(C)c1. The maximum absolute atomic E-state index is 12.5. The van der Waals surface area contributed by atoms with Crippen molar-refractivity contribution in [2.24, 2.45) is 0 Å². The predicted octanol–water partition coefficient (Wildman–Crippen LogP) is 2.19. The first-order valence-corrected chi connectivity index (χ1v) is 9.14. The molecule has 0 saturated heterocycles. The molecule has 0 saturated carbocycles. The third kappa shape index (κ3) is 4.69. The summed E-state index contributed by atoms with van der Waals surface area (Å²) >= 11 is 0. The van der Waals surface area contributed by atoms with Crippen molar-refractivity contribution >= 4 is 15.9 Å². The summed E-state index contributed by atoms with van der Waals surface area (Å²) in [5.74, 6) is 0.404. The fourth-order valence-corrected chi connectivity index (χ4v) is 4.13. The van der Waals surface area contributed by atoms with E-state index in [0.29, 0.717) is 16.9 Å². The zero-order chi connectivity index (χ0) is 17.7. The molecule has 2 aromatic rings. The van der Waals surface area contributed by atoms with Crippen LogP contribution < -0.4 is 10.0 Å². The summed E-state index contributed by atoms with van der Waals surface area (Å²) < 4.78 is 32.5. The van der Waals surface area contributed by atoms with Gasteiger partial charge in [-0.2, -0.15) is 0 Å². The van der Waals surface area contributed by atoms with Crippen molar-refractivity contribution in [2.75, 3.05) is 6.54 Å². The first-order chi connectivity index (χ1) is 11.3. The fourth-order valence-electron chi connectivity index (χ4n) is 2.65. The van der Waals surface area contributed by atoms with Crippen molar-refractivity contribution < 1.29 is 17.6 Å². The Balaban J connectivity index is 1.90. The highest BCUT2D eigenvalue weighted by atomic mass is 32.2. The average molecular weight is 350 g/mol. The van der Waals surface area contributed by atoms with Gasteiger partial charge in [0.25, 0.3) is 0 Å². The molecule has 0 spiro atoms. The number of sulfonamides is 1. The van der Waals surface area contributed by atoms with E-state index in [1.807, 2.05) is 19.1 Å². The van der Waals surface area contributed by atoms with Gasteiger partial charge in [0.05, 0.1) is 17.7 Å². The van der Waals surface area contributed by atoms with Crippen LogP contribution in [0.15, 0.2) is 39.8 Å². The molecule has 0 aliphatic rings. The molecule has 7 heteroatoms. The highest BCUT2D eigenvalue weighted by Gasteiger charge is 2.19. The molecular formula is C17H22N2O4S. The van der Waals surface area contributed by atoms with Gasteiger partial charge in [0.2, 0.25) is 15.9 Å². The number of carbonyl (C=O) groups excluding carboxylic acids is 1. The van der Waals surface area contributed by atoms with Gasteiger partial charge < -0.3 is 9.73 Å². The van der Waals surface area contributed by atoms with E-state index in [4.69, 9.17) is 4.42 Å². The van der Waals surface area contributed by atoms with Crippen LogP contribution in [0.2, 0.25) is 0 Å². The summed E-state index contributed by atoms with van der Waals surface area (Å²) in [6.07, 6.45) is 1.59. The van der Waals surface area contributed by atoms with Gasteiger partial charge in [-0.3, -0.25) is 4.79 Å². The van der Waals surface area contributed by atoms with E-state index < -0.39 is 10.0 Å². The largest absolute Gasteiger partial charge is 0.467 e. The first kappa shape index (κ1) is 18.2. The number of rotatable bonds is 7. The molecule has 1 heterocycles. The van der Waals surface area contributed by atoms with Gasteiger partial charge in [-0.05, 0) is 44.0 Å². The summed E-state index contributed by atoms with van der Waals surface area (Å²) in [7, 11) is -3.64. The quantitative estimate of drug-likeness (QED) is 0.801. The highest BCUT2D eigenvalue weighted by molar-refractivity contribution is 7.89. The molecule has 0 unspecified atom stereocenters. The topological polar surface area (TPSA) is 88.4 Å². The minimum atomic E-state index is -3.64. The summed E-state index contributed by atoms with van der Waals surface area (Å²) in [5, 5.41) is 2.67. The number of hydrogen-bond acceptors (Lipinski definition) is 4. The van der Waals surface area contributed by atoms with Crippen LogP contribution in [-0.2, 0) is 21.4 Å². The van der Waals surface area contributed by atoms with Crippen molar-refractivity contribution in [3.05, 3.63) is 53.0 Å². The minimum absolute atomic E-state index is 0.0408. The van der Waals surface area contributed by atoms with Crippen LogP contribution in [0.1, 0.15) is 28.9 Å². The van der Waals surface area contributed by atoms with Gasteiger partial charge in [0.1, 0.15) is 5.76 Å². The van der Waals surface area contributed by atoms with E-state index in [2.05, 4.69) is 10.0 Å². The number of hydrogen-bond donors (Lipinski definition) is 2. The Hall–Kier alpha value is -2.12. The van der Waals surface area contributed by atoms with Gasteiger partial charge >= 0.3 is 0 Å². The predicted molar refractivity (Wildman–Crippen MR) is 91.0 cm³/mol. The molecule has 2 N–H and O–H groups in total. The number of carbonyl (C=O) groups is 1. The van der Waals surface area contributed by atoms with Crippen LogP contribution in [0.5, 0.6) is 0 Å². The van der Waals surface area contributed by atoms with Crippen molar-refractivity contribution in [3.8, 4) is 0 Å². The van der Waals surface area contributed by atoms with Crippen LogP contribution in [-0.4, -0.2) is 20.9 Å². The molecule has 6 nitrogen and oxygen atoms in total. The summed E-state index contributed by atoms with van der Waals surface area (Å²) in [4.78, 5) is 12.0. The third-order valence-electron chi connectivity index (χ3n) is 3.56. The summed E-state index contributed by atoms with van der Waals surface area (Å²) in [5.41, 5.74) is 2.41. The van der Waals surface area contributed by atoms with E-state index in [-0.39, 0.29) is 30.3 Å². The second-order valence-electron chi connectivity index (χ2n) is 5.73. The van der Waals surface area contributed by atoms with Gasteiger partial charge in [-0.1, -0.05) is 17.7 Å². The van der Waals surface area contributed by atoms with Gasteiger partial charge in [-0.25, -0.2) is 13.1 Å². The van der Waals surface area contributed by atoms with Crippen molar-refractivity contribution in [2.45, 2.75) is 38.6 Å². The molecule has 1 aromatic carbocycles. The standard InChI is InChI=1S/C17H22N2O4S/c1-12-9-13(2)17(14(3)10-12)24(21,22)19-7-6-16(20)18-11-15-5-4-8-23-15/h4-5,8-10,19H,6-7,11H2,1-3H3,(H,18,20). The molecule has 0 fully saturated rings. The number of aryl methyl sites for hydroxylation is 3. The number of furan rings is 1. The first-order valence-electron chi connectivity index (χ1n) is 7.66. The van der Waals surface area contributed by atoms with E-state index in [1.165, 1.54) is 6.26 Å². The van der Waals surface area contributed by atoms with Crippen LogP contribution >= 0.6 is 0 Å². The van der Waals surface area contributed by atoms with Crippen molar-refractivity contribution in [1.82, 2.24) is 10.0 Å². The van der Waals surface area contributed by atoms with E-state index in [0.717, 1.165) is 5.56 Å². The van der Waals surface area contributed by atoms with Gasteiger partial charge in [-0.15, -0.1) is 0 Å². The van der Waals surface area contributed by atoms with E-state index >= 15 is 0 Å². The summed E-state index contributed by atoms with van der Waals surface area (Å²) in [6, 6.07) is 7.16. The maximum Gasteiger partial charge on any atom is 0.241 e. The number of benzene rings is 1. The molecule has 1 aromatic heterocycles. The average Bonchev–Trinajstić information content (AvgIpc) is 2.96. The Labute approximate surface area is 142 Å². The smallest absolute Gasteiger partial charge is 0.241 e. The zero-order valence-electron chi connectivity index (χ0n) is 14.0. The molecule has 2 rings (SSSR count). The Bertz CT molecular complexity index is 788. The monoisotopic (exact) mass is 350 g/mol. The number of amides is 1. The minimum Gasteiger partial charge on any atom is -0.467 e. The van der Waals surface area contributed by atoms with Crippen molar-refractivity contribution in [3.63, 3.8) is 0 Å². The van der Waals surface area contributed by atoms with Crippen LogP contribution in [0.3, 0.4) is 0 Å². The van der Waals surface area contributed by atoms with Crippen LogP contribution in [0.4, 0.5) is 0 Å². The molecule has 130 valence electrons. The second-order valence-corrected chi connectivity index (χ2v) is 7.44. The van der Waals surface area contributed by atoms with Crippen LogP contribution in [0, 0.1) is 20.8 Å². The highest BCUT2D eigenvalue weighted by Crippen LogP contribution is 2.21. The number of nitrogens with one attached hydrogen (secondary N) is 2. The van der Waals surface area contributed by atoms with E-state index in [9.17, 15) is 13.2 Å². The summed E-state index contributed by atoms with van der Waals surface area (Å²) in [6.45, 7) is 5.79. The Morgan fingerprint density at radius 2 is 1.83 bits per heavy atom. The lowest BCUT2D eigenvalue weighted by atomic mass is 10.1. The van der Waals surface area contributed by atoms with Gasteiger partial charge in [0.15, 0.2) is 0 Å². The maximum atomic E-state index is 12.5. The normalized spacial score (nSPS) is 11.5. The third-order valence-corrected chi connectivity index (χ3v) is 5.32. The molecule has 0 bridgehead atoms. The second kappa shape index (κ2) is 7.63. The molecule has 24 heavy (non-hydrogen) atoms. The lowest BCUT2D eigenvalue weighted by Gasteiger charge is -2.13. The lowest BCUT2D eigenvalue weighted by molar-refractivity contribution is -0.121. The molecule has 0 aliphatic carbocycles. The Morgan fingerprint density at radius 3 is 2.42 bits per heavy atom. The Kier molecular flexibility index (Phi) is 5.80. The molecule has 0 radical (unpaired) electrons. The van der Waals surface area contributed by atoms with Crippen molar-refractivity contribution in [1.29, 1.82) is 0 Å². The zero-order valence-corrected chi connectivity index (χ0v) is 14.9. The molecule has 0 atom stereocenters. The molecule has 0 aliphatic heterocycles. The Morgan fingerprint density at radius 1 is 1.17 bits per heavy atom. The molecule has 1 amide bonds. The molecular weight excluding hydrogens is 328 g/mol. The lowest BCUT2D eigenvalue weighted by Crippen LogP contribution is -2.31. The van der Waals surface area contributed by atoms with E-state index in [1.54, 1.807) is 26.0 Å². The van der Waals surface area contributed by atoms with Gasteiger partial charge in [0, 0.05) is 13.0 Å². The fraction of sp³-hybridized carbons (Fsp3) is 0.353. The van der Waals surface area contributed by atoms with Crippen LogP contribution in [0.25, 0.3) is 0 Å².